The highest BCUT2D eigenvalue weighted by Crippen LogP contribution is 2.14. The van der Waals surface area contributed by atoms with Crippen molar-refractivity contribution >= 4 is 29.7 Å². The normalized spacial score (nSPS) is 12.4. The van der Waals surface area contributed by atoms with Crippen LogP contribution in [0.1, 0.15) is 187 Å². The summed E-state index contributed by atoms with van der Waals surface area (Å²) in [5.41, 5.74) is 23.1. The van der Waals surface area contributed by atoms with Gasteiger partial charge >= 0.3 is 11.9 Å². The Morgan fingerprint density at radius 3 is 1.44 bits per heavy atom. The number of amides is 2. The minimum absolute atomic E-state index is 0.0304. The van der Waals surface area contributed by atoms with Gasteiger partial charge in [0.15, 0.2) is 5.96 Å². The van der Waals surface area contributed by atoms with Gasteiger partial charge in [-0.2, -0.15) is 0 Å². The molecule has 0 fully saturated rings. The number of nitrogens with zero attached hydrogens (tertiary/aromatic N) is 2. The Morgan fingerprint density at radius 1 is 0.559 bits per heavy atom. The predicted molar refractivity (Wildman–Crippen MR) is 242 cm³/mol. The van der Waals surface area contributed by atoms with E-state index in [1.807, 2.05) is 18.7 Å². The summed E-state index contributed by atoms with van der Waals surface area (Å²) in [4.78, 5) is 54.6. The molecule has 0 aromatic heterocycles. The van der Waals surface area contributed by atoms with Gasteiger partial charge in [-0.3, -0.25) is 24.2 Å². The SMILES string of the molecule is CCOC(=O)CCCC/C=C\CCCCCCCCN(CCCCCCCC/C=C\CCCCC(=O)OCC)C(=O)C(N)CCCCNC(=O)C(N)CCCN=C(N)N. The average Bonchev–Trinajstić information content (AvgIpc) is 3.21. The van der Waals surface area contributed by atoms with Crippen molar-refractivity contribution in [3.63, 3.8) is 0 Å². The van der Waals surface area contributed by atoms with E-state index in [2.05, 4.69) is 34.6 Å². The van der Waals surface area contributed by atoms with Gasteiger partial charge in [0.25, 0.3) is 0 Å². The highest BCUT2D eigenvalue weighted by atomic mass is 16.5. The van der Waals surface area contributed by atoms with Crippen LogP contribution < -0.4 is 28.3 Å². The van der Waals surface area contributed by atoms with E-state index in [0.717, 1.165) is 103 Å². The van der Waals surface area contributed by atoms with Crippen molar-refractivity contribution < 1.29 is 28.7 Å². The molecule has 0 radical (unpaired) electrons. The van der Waals surface area contributed by atoms with Gasteiger partial charge in [0.2, 0.25) is 11.8 Å². The molecule has 0 saturated carbocycles. The highest BCUT2D eigenvalue weighted by molar-refractivity contribution is 5.82. The van der Waals surface area contributed by atoms with Crippen molar-refractivity contribution in [2.24, 2.45) is 27.9 Å². The van der Waals surface area contributed by atoms with Crippen LogP contribution in [0.15, 0.2) is 29.3 Å². The average molecular weight is 834 g/mol. The number of guanidine groups is 1. The van der Waals surface area contributed by atoms with Crippen LogP contribution in [0.2, 0.25) is 0 Å². The van der Waals surface area contributed by atoms with E-state index in [4.69, 9.17) is 32.4 Å². The topological polar surface area (TPSA) is 218 Å². The number of hydrogen-bond donors (Lipinski definition) is 5. The Hall–Kier alpha value is -3.45. The lowest BCUT2D eigenvalue weighted by atomic mass is 10.1. The van der Waals surface area contributed by atoms with Crippen LogP contribution in [0.25, 0.3) is 0 Å². The number of unbranched alkanes of at least 4 members (excludes halogenated alkanes) is 17. The van der Waals surface area contributed by atoms with Gasteiger partial charge in [-0.1, -0.05) is 75.7 Å². The molecule has 0 aliphatic carbocycles. The van der Waals surface area contributed by atoms with Crippen molar-refractivity contribution in [3.05, 3.63) is 24.3 Å². The number of rotatable bonds is 41. The molecule has 0 aromatic rings. The highest BCUT2D eigenvalue weighted by Gasteiger charge is 2.20. The molecule has 0 aliphatic rings. The molecule has 2 atom stereocenters. The van der Waals surface area contributed by atoms with Crippen LogP contribution in [0.4, 0.5) is 0 Å². The molecule has 13 nitrogen and oxygen atoms in total. The van der Waals surface area contributed by atoms with Crippen LogP contribution >= 0.6 is 0 Å². The van der Waals surface area contributed by atoms with Gasteiger partial charge in [0, 0.05) is 39.0 Å². The summed E-state index contributed by atoms with van der Waals surface area (Å²) < 4.78 is 9.94. The standard InChI is InChI=1S/C46H87N7O6/c1-3-58-42(54)34-25-21-17-13-9-5-7-11-15-19-23-29-38-53(39-30-24-20-16-12-8-6-10-14-18-22-26-35-43(55)59-4-2)45(57)41(48)32-27-28-36-51-44(56)40(47)33-31-37-52-46(49)50/h9-10,13-14,40-41H,3-8,11-12,15-39,47-48H2,1-2H3,(H,51,56)(H4,49,50,52)/b13-9-,14-10-. The fourth-order valence-electron chi connectivity index (χ4n) is 6.72. The third-order valence-corrected chi connectivity index (χ3v) is 10.2. The van der Waals surface area contributed by atoms with E-state index in [1.165, 1.54) is 51.4 Å². The fourth-order valence-corrected chi connectivity index (χ4v) is 6.72. The number of aliphatic imine (C=N–C) groups is 1. The monoisotopic (exact) mass is 834 g/mol. The zero-order chi connectivity index (χ0) is 43.6. The van der Waals surface area contributed by atoms with E-state index in [1.54, 1.807) is 0 Å². The number of carbonyl (C=O) groups excluding carboxylic acids is 4. The van der Waals surface area contributed by atoms with Crippen molar-refractivity contribution in [2.45, 2.75) is 199 Å². The Morgan fingerprint density at radius 2 is 0.983 bits per heavy atom. The second-order valence-electron chi connectivity index (χ2n) is 15.6. The Bertz CT molecular complexity index is 1090. The fraction of sp³-hybridized carbons (Fsp3) is 0.804. The Balaban J connectivity index is 4.49. The molecule has 0 aliphatic heterocycles. The quantitative estimate of drug-likeness (QED) is 0.0133. The second kappa shape index (κ2) is 41.3. The number of allylic oxidation sites excluding steroid dienone is 4. The zero-order valence-electron chi connectivity index (χ0n) is 37.5. The molecule has 13 heteroatoms. The van der Waals surface area contributed by atoms with Gasteiger partial charge in [0.1, 0.15) is 0 Å². The van der Waals surface area contributed by atoms with Crippen molar-refractivity contribution in [2.75, 3.05) is 39.4 Å². The van der Waals surface area contributed by atoms with Crippen molar-refractivity contribution in [1.82, 2.24) is 10.2 Å². The Labute approximate surface area is 358 Å². The molecule has 0 rings (SSSR count). The van der Waals surface area contributed by atoms with Crippen LogP contribution in [-0.4, -0.2) is 86.1 Å². The maximum Gasteiger partial charge on any atom is 0.305 e. The molecule has 0 heterocycles. The number of ether oxygens (including phenoxy) is 2. The summed E-state index contributed by atoms with van der Waals surface area (Å²) in [5.74, 6) is -0.322. The number of carbonyl (C=O) groups is 4. The molecule has 2 unspecified atom stereocenters. The minimum Gasteiger partial charge on any atom is -0.466 e. The molecule has 59 heavy (non-hydrogen) atoms. The minimum atomic E-state index is -0.607. The summed E-state index contributed by atoms with van der Waals surface area (Å²) >= 11 is 0. The molecule has 0 aromatic carbocycles. The largest absolute Gasteiger partial charge is 0.466 e. The smallest absolute Gasteiger partial charge is 0.305 e. The first kappa shape index (κ1) is 55.5. The maximum atomic E-state index is 13.5. The summed E-state index contributed by atoms with van der Waals surface area (Å²) in [6, 6.07) is -1.15. The molecule has 0 saturated heterocycles. The maximum absolute atomic E-state index is 13.5. The summed E-state index contributed by atoms with van der Waals surface area (Å²) in [6.45, 7) is 7.01. The van der Waals surface area contributed by atoms with Crippen LogP contribution in [0, 0.1) is 0 Å². The molecule has 0 bridgehead atoms. The number of hydrogen-bond acceptors (Lipinski definition) is 9. The van der Waals surface area contributed by atoms with E-state index in [9.17, 15) is 19.2 Å². The molecular weight excluding hydrogens is 747 g/mol. The first-order valence-electron chi connectivity index (χ1n) is 23.4. The number of nitrogens with one attached hydrogen (secondary N) is 1. The molecule has 342 valence electrons. The summed E-state index contributed by atoms with van der Waals surface area (Å²) in [7, 11) is 0. The van der Waals surface area contributed by atoms with E-state index in [-0.39, 0.29) is 29.7 Å². The van der Waals surface area contributed by atoms with E-state index in [0.29, 0.717) is 58.4 Å². The lowest BCUT2D eigenvalue weighted by molar-refractivity contribution is -0.144. The van der Waals surface area contributed by atoms with E-state index >= 15 is 0 Å². The third kappa shape index (κ3) is 37.3. The molecular formula is C46H87N7O6. The van der Waals surface area contributed by atoms with Gasteiger partial charge in [-0.25, -0.2) is 0 Å². The van der Waals surface area contributed by atoms with Crippen LogP contribution in [-0.2, 0) is 28.7 Å². The molecule has 0 spiro atoms. The lowest BCUT2D eigenvalue weighted by Gasteiger charge is -2.26. The Kier molecular flexibility index (Phi) is 38.9. The first-order chi connectivity index (χ1) is 28.6. The number of nitrogens with two attached hydrogens (primary N) is 4. The van der Waals surface area contributed by atoms with Gasteiger partial charge < -0.3 is 42.6 Å². The number of esters is 2. The second-order valence-corrected chi connectivity index (χ2v) is 15.6. The first-order valence-corrected chi connectivity index (χ1v) is 23.4. The zero-order valence-corrected chi connectivity index (χ0v) is 37.5. The van der Waals surface area contributed by atoms with Gasteiger partial charge in [0.05, 0.1) is 25.3 Å². The lowest BCUT2D eigenvalue weighted by Crippen LogP contribution is -2.44. The summed E-state index contributed by atoms with van der Waals surface area (Å²) in [5, 5.41) is 2.89. The van der Waals surface area contributed by atoms with Gasteiger partial charge in [-0.05, 0) is 123 Å². The van der Waals surface area contributed by atoms with Crippen LogP contribution in [0.3, 0.4) is 0 Å². The third-order valence-electron chi connectivity index (χ3n) is 10.2. The van der Waals surface area contributed by atoms with Crippen molar-refractivity contribution in [3.8, 4) is 0 Å². The van der Waals surface area contributed by atoms with Gasteiger partial charge in [-0.15, -0.1) is 0 Å². The molecule has 2 amide bonds. The predicted octanol–water partition coefficient (Wildman–Crippen LogP) is 7.63. The van der Waals surface area contributed by atoms with Crippen LogP contribution in [0.5, 0.6) is 0 Å². The molecule has 9 N–H and O–H groups in total. The van der Waals surface area contributed by atoms with Crippen molar-refractivity contribution in [1.29, 1.82) is 0 Å². The van der Waals surface area contributed by atoms with E-state index < -0.39 is 12.1 Å². The summed E-state index contributed by atoms with van der Waals surface area (Å²) in [6.07, 6.45) is 34.9.